The molecule has 2 aliphatic rings. The highest BCUT2D eigenvalue weighted by atomic mass is 16.5. The second kappa shape index (κ2) is 4.93. The third kappa shape index (κ3) is 2.54. The molecule has 1 fully saturated rings. The van der Waals surface area contributed by atoms with Crippen molar-refractivity contribution in [1.29, 1.82) is 0 Å². The maximum atomic E-state index is 6.06. The number of rotatable bonds is 2. The van der Waals surface area contributed by atoms with E-state index in [1.54, 1.807) is 0 Å². The quantitative estimate of drug-likeness (QED) is 0.868. The van der Waals surface area contributed by atoms with Gasteiger partial charge in [-0.2, -0.15) is 0 Å². The highest BCUT2D eigenvalue weighted by molar-refractivity contribution is 5.40. The largest absolute Gasteiger partial charge is 0.490 e. The summed E-state index contributed by atoms with van der Waals surface area (Å²) in [5.74, 6) is 1.87. The van der Waals surface area contributed by atoms with Gasteiger partial charge in [0.15, 0.2) is 0 Å². The van der Waals surface area contributed by atoms with E-state index in [-0.39, 0.29) is 0 Å². The fourth-order valence-electron chi connectivity index (χ4n) is 3.50. The lowest BCUT2D eigenvalue weighted by Crippen LogP contribution is -2.30. The van der Waals surface area contributed by atoms with Crippen LogP contribution in [0.2, 0.25) is 0 Å². The number of aryl methyl sites for hydroxylation is 1. The van der Waals surface area contributed by atoms with Gasteiger partial charge >= 0.3 is 0 Å². The van der Waals surface area contributed by atoms with Crippen molar-refractivity contribution in [2.24, 2.45) is 11.7 Å². The van der Waals surface area contributed by atoms with Gasteiger partial charge in [0.1, 0.15) is 11.9 Å². The van der Waals surface area contributed by atoms with Gasteiger partial charge in [0, 0.05) is 12.5 Å². The molecular formula is C16H23NO. The normalized spacial score (nSPS) is 30.9. The molecule has 0 saturated heterocycles. The molecule has 1 aromatic rings. The van der Waals surface area contributed by atoms with Gasteiger partial charge in [0.05, 0.1) is 0 Å². The lowest BCUT2D eigenvalue weighted by molar-refractivity contribution is 0.170. The Morgan fingerprint density at radius 2 is 2.22 bits per heavy atom. The van der Waals surface area contributed by atoms with Crippen molar-refractivity contribution >= 4 is 0 Å². The first kappa shape index (κ1) is 12.0. The Morgan fingerprint density at radius 1 is 1.33 bits per heavy atom. The van der Waals surface area contributed by atoms with Crippen LogP contribution in [0, 0.1) is 12.8 Å². The van der Waals surface area contributed by atoms with E-state index >= 15 is 0 Å². The molecule has 1 aliphatic heterocycles. The molecule has 0 spiro atoms. The van der Waals surface area contributed by atoms with E-state index in [0.29, 0.717) is 12.1 Å². The van der Waals surface area contributed by atoms with Crippen molar-refractivity contribution in [3.8, 4) is 5.75 Å². The minimum absolute atomic E-state index is 0.386. The Bertz CT molecular complexity index is 429. The van der Waals surface area contributed by atoms with Gasteiger partial charge < -0.3 is 10.5 Å². The van der Waals surface area contributed by atoms with Crippen molar-refractivity contribution in [3.63, 3.8) is 0 Å². The van der Waals surface area contributed by atoms with Crippen LogP contribution in [0.15, 0.2) is 18.2 Å². The van der Waals surface area contributed by atoms with Gasteiger partial charge in [0.25, 0.3) is 0 Å². The SMILES string of the molecule is Cc1ccc2c(c1)CC(CC1CCCC(N)C1)O2. The molecule has 1 aliphatic carbocycles. The minimum Gasteiger partial charge on any atom is -0.490 e. The maximum Gasteiger partial charge on any atom is 0.123 e. The number of ether oxygens (including phenoxy) is 1. The summed E-state index contributed by atoms with van der Waals surface area (Å²) in [7, 11) is 0. The van der Waals surface area contributed by atoms with Crippen molar-refractivity contribution in [2.45, 2.75) is 57.6 Å². The van der Waals surface area contributed by atoms with Crippen LogP contribution >= 0.6 is 0 Å². The average molecular weight is 245 g/mol. The van der Waals surface area contributed by atoms with Gasteiger partial charge in [-0.1, -0.05) is 30.5 Å². The monoisotopic (exact) mass is 245 g/mol. The van der Waals surface area contributed by atoms with Crippen molar-refractivity contribution in [3.05, 3.63) is 29.3 Å². The van der Waals surface area contributed by atoms with Gasteiger partial charge in [-0.05, 0) is 43.7 Å². The van der Waals surface area contributed by atoms with E-state index in [9.17, 15) is 0 Å². The molecule has 0 aromatic heterocycles. The summed E-state index contributed by atoms with van der Waals surface area (Å²) in [6.45, 7) is 2.15. The molecule has 2 N–H and O–H groups in total. The molecule has 3 unspecified atom stereocenters. The van der Waals surface area contributed by atoms with Crippen LogP contribution in [0.1, 0.15) is 43.2 Å². The summed E-state index contributed by atoms with van der Waals surface area (Å²) in [4.78, 5) is 0. The second-order valence-electron chi connectivity index (χ2n) is 6.08. The zero-order valence-electron chi connectivity index (χ0n) is 11.2. The molecule has 0 radical (unpaired) electrons. The third-order valence-corrected chi connectivity index (χ3v) is 4.38. The van der Waals surface area contributed by atoms with Crippen LogP contribution in [0.3, 0.4) is 0 Å². The molecule has 18 heavy (non-hydrogen) atoms. The van der Waals surface area contributed by atoms with Crippen LogP contribution in [0.25, 0.3) is 0 Å². The van der Waals surface area contributed by atoms with E-state index in [4.69, 9.17) is 10.5 Å². The highest BCUT2D eigenvalue weighted by Gasteiger charge is 2.28. The first-order chi connectivity index (χ1) is 8.70. The summed E-state index contributed by atoms with van der Waals surface area (Å²) in [6.07, 6.45) is 7.69. The zero-order valence-corrected chi connectivity index (χ0v) is 11.2. The fourth-order valence-corrected chi connectivity index (χ4v) is 3.50. The second-order valence-corrected chi connectivity index (χ2v) is 6.08. The molecule has 0 bridgehead atoms. The zero-order chi connectivity index (χ0) is 12.5. The molecule has 98 valence electrons. The molecule has 2 heteroatoms. The number of fused-ring (bicyclic) bond motifs is 1. The van der Waals surface area contributed by atoms with Crippen LogP contribution < -0.4 is 10.5 Å². The predicted octanol–water partition coefficient (Wildman–Crippen LogP) is 3.21. The van der Waals surface area contributed by atoms with E-state index < -0.39 is 0 Å². The van der Waals surface area contributed by atoms with Gasteiger partial charge in [-0.3, -0.25) is 0 Å². The van der Waals surface area contributed by atoms with Gasteiger partial charge in [-0.25, -0.2) is 0 Å². The van der Waals surface area contributed by atoms with Crippen molar-refractivity contribution in [2.75, 3.05) is 0 Å². The summed E-state index contributed by atoms with van der Waals surface area (Å²) in [5.41, 5.74) is 8.78. The van der Waals surface area contributed by atoms with Crippen LogP contribution in [0.4, 0.5) is 0 Å². The molecule has 1 heterocycles. The smallest absolute Gasteiger partial charge is 0.123 e. The molecular weight excluding hydrogens is 222 g/mol. The summed E-state index contributed by atoms with van der Waals surface area (Å²) >= 11 is 0. The van der Waals surface area contributed by atoms with Crippen molar-refractivity contribution < 1.29 is 4.74 Å². The van der Waals surface area contributed by atoms with E-state index in [1.165, 1.54) is 43.2 Å². The Balaban J connectivity index is 1.60. The number of nitrogens with two attached hydrogens (primary N) is 1. The standard InChI is InChI=1S/C16H23NO/c1-11-5-6-16-13(7-11)10-15(18-16)9-12-3-2-4-14(17)8-12/h5-7,12,14-15H,2-4,8-10,17H2,1H3. The third-order valence-electron chi connectivity index (χ3n) is 4.38. The average Bonchev–Trinajstić information content (AvgIpc) is 2.70. The Hall–Kier alpha value is -1.02. The summed E-state index contributed by atoms with van der Waals surface area (Å²) < 4.78 is 6.06. The van der Waals surface area contributed by atoms with E-state index in [2.05, 4.69) is 25.1 Å². The van der Waals surface area contributed by atoms with Crippen LogP contribution in [-0.2, 0) is 6.42 Å². The molecule has 3 atom stereocenters. The minimum atomic E-state index is 0.386. The maximum absolute atomic E-state index is 6.06. The van der Waals surface area contributed by atoms with Crippen molar-refractivity contribution in [1.82, 2.24) is 0 Å². The highest BCUT2D eigenvalue weighted by Crippen LogP contribution is 2.35. The molecule has 3 rings (SSSR count). The van der Waals surface area contributed by atoms with Gasteiger partial charge in [-0.15, -0.1) is 0 Å². The molecule has 0 amide bonds. The summed E-state index contributed by atoms with van der Waals surface area (Å²) in [5, 5.41) is 0. The lowest BCUT2D eigenvalue weighted by Gasteiger charge is -2.28. The Labute approximate surface area is 110 Å². The number of hydrogen-bond donors (Lipinski definition) is 1. The topological polar surface area (TPSA) is 35.2 Å². The van der Waals surface area contributed by atoms with E-state index in [1.807, 2.05) is 0 Å². The first-order valence-corrected chi connectivity index (χ1v) is 7.22. The molecule has 1 saturated carbocycles. The Morgan fingerprint density at radius 3 is 3.06 bits per heavy atom. The fraction of sp³-hybridized carbons (Fsp3) is 0.625. The van der Waals surface area contributed by atoms with Gasteiger partial charge in [0.2, 0.25) is 0 Å². The molecule has 2 nitrogen and oxygen atoms in total. The number of hydrogen-bond acceptors (Lipinski definition) is 2. The predicted molar refractivity (Wildman–Crippen MR) is 73.8 cm³/mol. The lowest BCUT2D eigenvalue weighted by atomic mass is 9.82. The first-order valence-electron chi connectivity index (χ1n) is 7.22. The van der Waals surface area contributed by atoms with Crippen LogP contribution in [-0.4, -0.2) is 12.1 Å². The summed E-state index contributed by atoms with van der Waals surface area (Å²) in [6, 6.07) is 6.95. The van der Waals surface area contributed by atoms with Crippen LogP contribution in [0.5, 0.6) is 5.75 Å². The molecule has 1 aromatic carbocycles. The Kier molecular flexibility index (Phi) is 3.29. The van der Waals surface area contributed by atoms with E-state index in [0.717, 1.165) is 18.1 Å². The number of benzene rings is 1.